The third-order valence-electron chi connectivity index (χ3n) is 2.31. The van der Waals surface area contributed by atoms with Crippen molar-refractivity contribution in [3.63, 3.8) is 0 Å². The van der Waals surface area contributed by atoms with Gasteiger partial charge in [0, 0.05) is 0 Å². The lowest BCUT2D eigenvalue weighted by molar-refractivity contribution is -0.144. The zero-order valence-corrected chi connectivity index (χ0v) is 9.97. The predicted molar refractivity (Wildman–Crippen MR) is 63.5 cm³/mol. The second kappa shape index (κ2) is 6.10. The minimum atomic E-state index is -1.02. The van der Waals surface area contributed by atoms with E-state index >= 15 is 0 Å². The minimum Gasteiger partial charge on any atom is -0.493 e. The number of nitrogens with two attached hydrogens (primary N) is 1. The average molecular weight is 239 g/mol. The van der Waals surface area contributed by atoms with Crippen molar-refractivity contribution in [1.29, 1.82) is 0 Å². The summed E-state index contributed by atoms with van der Waals surface area (Å²) in [6.07, 6.45) is -0.209. The summed E-state index contributed by atoms with van der Waals surface area (Å²) in [6, 6.07) is 5.38. The first-order valence-electron chi connectivity index (χ1n) is 5.35. The van der Waals surface area contributed by atoms with Crippen LogP contribution in [0.4, 0.5) is 0 Å². The third-order valence-corrected chi connectivity index (χ3v) is 2.31. The average Bonchev–Trinajstić information content (AvgIpc) is 2.29. The SMILES string of the molecule is COc1ccc(CCN)cc1OC(C)C(=O)O. The number of carboxylic acid groups (broad SMARTS) is 1. The van der Waals surface area contributed by atoms with Crippen LogP contribution in [0, 0.1) is 0 Å². The molecule has 0 fully saturated rings. The van der Waals surface area contributed by atoms with Crippen LogP contribution in [0.1, 0.15) is 12.5 Å². The number of methoxy groups -OCH3 is 1. The Morgan fingerprint density at radius 2 is 2.18 bits per heavy atom. The number of aliphatic carboxylic acids is 1. The van der Waals surface area contributed by atoms with Gasteiger partial charge in [-0.3, -0.25) is 0 Å². The number of rotatable bonds is 6. The van der Waals surface area contributed by atoms with Gasteiger partial charge in [0.25, 0.3) is 0 Å². The van der Waals surface area contributed by atoms with Crippen LogP contribution >= 0.6 is 0 Å². The van der Waals surface area contributed by atoms with Gasteiger partial charge in [0.1, 0.15) is 0 Å². The Hall–Kier alpha value is -1.75. The summed E-state index contributed by atoms with van der Waals surface area (Å²) in [7, 11) is 1.51. The van der Waals surface area contributed by atoms with Gasteiger partial charge in [0.2, 0.25) is 0 Å². The van der Waals surface area contributed by atoms with E-state index in [0.717, 1.165) is 5.56 Å². The molecule has 0 aliphatic heterocycles. The highest BCUT2D eigenvalue weighted by atomic mass is 16.5. The number of hydrogen-bond acceptors (Lipinski definition) is 4. The smallest absolute Gasteiger partial charge is 0.344 e. The third kappa shape index (κ3) is 3.64. The van der Waals surface area contributed by atoms with Crippen LogP contribution in [-0.4, -0.2) is 30.8 Å². The standard InChI is InChI=1S/C12H17NO4/c1-8(12(14)15)17-11-7-9(5-6-13)3-4-10(11)16-2/h3-4,7-8H,5-6,13H2,1-2H3,(H,14,15). The Morgan fingerprint density at radius 1 is 1.47 bits per heavy atom. The molecule has 0 aliphatic carbocycles. The van der Waals surface area contributed by atoms with Gasteiger partial charge in [-0.25, -0.2) is 4.79 Å². The zero-order valence-electron chi connectivity index (χ0n) is 9.97. The Bertz CT molecular complexity index is 392. The molecule has 0 amide bonds. The van der Waals surface area contributed by atoms with Crippen molar-refractivity contribution in [2.75, 3.05) is 13.7 Å². The lowest BCUT2D eigenvalue weighted by Gasteiger charge is -2.14. The molecule has 1 rings (SSSR count). The largest absolute Gasteiger partial charge is 0.493 e. The van der Waals surface area contributed by atoms with Gasteiger partial charge in [-0.2, -0.15) is 0 Å². The van der Waals surface area contributed by atoms with Crippen LogP contribution in [0.15, 0.2) is 18.2 Å². The van der Waals surface area contributed by atoms with E-state index in [1.165, 1.54) is 14.0 Å². The van der Waals surface area contributed by atoms with Crippen LogP contribution < -0.4 is 15.2 Å². The highest BCUT2D eigenvalue weighted by Gasteiger charge is 2.15. The quantitative estimate of drug-likeness (QED) is 0.775. The van der Waals surface area contributed by atoms with Crippen LogP contribution in [0.3, 0.4) is 0 Å². The molecule has 0 radical (unpaired) electrons. The van der Waals surface area contributed by atoms with E-state index in [4.69, 9.17) is 20.3 Å². The highest BCUT2D eigenvalue weighted by Crippen LogP contribution is 2.29. The summed E-state index contributed by atoms with van der Waals surface area (Å²) in [5.41, 5.74) is 6.45. The van der Waals surface area contributed by atoms with Crippen LogP contribution in [0.25, 0.3) is 0 Å². The number of benzene rings is 1. The maximum atomic E-state index is 10.7. The predicted octanol–water partition coefficient (Wildman–Crippen LogP) is 1.05. The lowest BCUT2D eigenvalue weighted by Crippen LogP contribution is -2.23. The molecule has 1 aromatic rings. The molecule has 0 saturated heterocycles. The number of carbonyl (C=O) groups is 1. The summed E-state index contributed by atoms with van der Waals surface area (Å²) >= 11 is 0. The van der Waals surface area contributed by atoms with Gasteiger partial charge < -0.3 is 20.3 Å². The maximum Gasteiger partial charge on any atom is 0.344 e. The van der Waals surface area contributed by atoms with Gasteiger partial charge in [-0.05, 0) is 37.6 Å². The summed E-state index contributed by atoms with van der Waals surface area (Å²) in [5, 5.41) is 8.79. The molecule has 0 aromatic heterocycles. The van der Waals surface area contributed by atoms with E-state index in [0.29, 0.717) is 24.5 Å². The molecule has 17 heavy (non-hydrogen) atoms. The van der Waals surface area contributed by atoms with Crippen LogP contribution in [0.5, 0.6) is 11.5 Å². The van der Waals surface area contributed by atoms with E-state index in [-0.39, 0.29) is 0 Å². The van der Waals surface area contributed by atoms with Crippen molar-refractivity contribution in [1.82, 2.24) is 0 Å². The van der Waals surface area contributed by atoms with E-state index in [2.05, 4.69) is 0 Å². The summed E-state index contributed by atoms with van der Waals surface area (Å²) in [6.45, 7) is 2.00. The van der Waals surface area contributed by atoms with E-state index in [1.807, 2.05) is 6.07 Å². The fraction of sp³-hybridized carbons (Fsp3) is 0.417. The second-order valence-corrected chi connectivity index (χ2v) is 3.62. The first-order chi connectivity index (χ1) is 8.08. The van der Waals surface area contributed by atoms with Crippen molar-refractivity contribution in [2.24, 2.45) is 5.73 Å². The molecular formula is C12H17NO4. The molecule has 0 aliphatic rings. The monoisotopic (exact) mass is 239 g/mol. The van der Waals surface area contributed by atoms with Crippen molar-refractivity contribution in [3.05, 3.63) is 23.8 Å². The van der Waals surface area contributed by atoms with Crippen LogP contribution in [0.2, 0.25) is 0 Å². The van der Waals surface area contributed by atoms with Gasteiger partial charge >= 0.3 is 5.97 Å². The van der Waals surface area contributed by atoms with Gasteiger partial charge in [-0.15, -0.1) is 0 Å². The molecule has 1 aromatic carbocycles. The number of hydrogen-bond donors (Lipinski definition) is 2. The fourth-order valence-electron chi connectivity index (χ4n) is 1.38. The Labute approximate surface area is 100 Å². The molecule has 94 valence electrons. The topological polar surface area (TPSA) is 81.8 Å². The van der Waals surface area contributed by atoms with E-state index in [9.17, 15) is 4.79 Å². The molecule has 0 saturated carbocycles. The summed E-state index contributed by atoms with van der Waals surface area (Å²) in [5.74, 6) is -0.0801. The molecule has 3 N–H and O–H groups in total. The molecule has 1 atom stereocenters. The Morgan fingerprint density at radius 3 is 2.71 bits per heavy atom. The van der Waals surface area contributed by atoms with Crippen LogP contribution in [-0.2, 0) is 11.2 Å². The first kappa shape index (κ1) is 13.3. The first-order valence-corrected chi connectivity index (χ1v) is 5.35. The number of carboxylic acids is 1. The molecule has 0 heterocycles. The number of ether oxygens (including phenoxy) is 2. The van der Waals surface area contributed by atoms with Gasteiger partial charge in [-0.1, -0.05) is 6.07 Å². The van der Waals surface area contributed by atoms with Crippen molar-refractivity contribution in [3.8, 4) is 11.5 Å². The molecule has 1 unspecified atom stereocenters. The molecule has 5 nitrogen and oxygen atoms in total. The van der Waals surface area contributed by atoms with Gasteiger partial charge in [0.15, 0.2) is 17.6 Å². The van der Waals surface area contributed by atoms with Crippen molar-refractivity contribution >= 4 is 5.97 Å². The molecule has 0 spiro atoms. The lowest BCUT2D eigenvalue weighted by atomic mass is 10.1. The highest BCUT2D eigenvalue weighted by molar-refractivity contribution is 5.72. The van der Waals surface area contributed by atoms with Crippen molar-refractivity contribution in [2.45, 2.75) is 19.4 Å². The van der Waals surface area contributed by atoms with E-state index < -0.39 is 12.1 Å². The summed E-state index contributed by atoms with van der Waals surface area (Å²) in [4.78, 5) is 10.7. The van der Waals surface area contributed by atoms with E-state index in [1.54, 1.807) is 12.1 Å². The summed E-state index contributed by atoms with van der Waals surface area (Å²) < 4.78 is 10.4. The second-order valence-electron chi connectivity index (χ2n) is 3.62. The molecule has 5 heteroatoms. The Kier molecular flexibility index (Phi) is 4.78. The Balaban J connectivity index is 2.93. The zero-order chi connectivity index (χ0) is 12.8. The van der Waals surface area contributed by atoms with Gasteiger partial charge in [0.05, 0.1) is 7.11 Å². The normalized spacial score (nSPS) is 11.9. The minimum absolute atomic E-state index is 0.424. The maximum absolute atomic E-state index is 10.7. The molecular weight excluding hydrogens is 222 g/mol. The van der Waals surface area contributed by atoms with Crippen molar-refractivity contribution < 1.29 is 19.4 Å². The molecule has 0 bridgehead atoms. The fourth-order valence-corrected chi connectivity index (χ4v) is 1.38.